The van der Waals surface area contributed by atoms with Crippen LogP contribution in [0, 0.1) is 11.8 Å². The van der Waals surface area contributed by atoms with Crippen molar-refractivity contribution in [2.75, 3.05) is 11.9 Å². The molecule has 0 aromatic heterocycles. The lowest BCUT2D eigenvalue weighted by atomic mass is 9.95. The number of amides is 2. The summed E-state index contributed by atoms with van der Waals surface area (Å²) in [5, 5.41) is 5.77. The zero-order chi connectivity index (χ0) is 16.1. The Kier molecular flexibility index (Phi) is 7.52. The molecule has 0 heterocycles. The average molecular weight is 340 g/mol. The molecule has 128 valence electrons. The molecule has 1 aromatic carbocycles. The second-order valence-electron chi connectivity index (χ2n) is 6.23. The first-order valence-electron chi connectivity index (χ1n) is 7.93. The Balaban J connectivity index is 0.00000264. The SMILES string of the molecule is CC(C)NC(=O)c1ccc(NC(=O)[C@@H]2CCC[C@@H]2CN)cc1.Cl. The molecule has 1 aliphatic rings. The predicted molar refractivity (Wildman–Crippen MR) is 94.8 cm³/mol. The van der Waals surface area contributed by atoms with Crippen LogP contribution in [0.1, 0.15) is 43.5 Å². The van der Waals surface area contributed by atoms with E-state index in [1.54, 1.807) is 24.3 Å². The third-order valence-electron chi connectivity index (χ3n) is 4.13. The van der Waals surface area contributed by atoms with Crippen molar-refractivity contribution in [2.24, 2.45) is 17.6 Å². The molecule has 1 aliphatic carbocycles. The Labute approximate surface area is 143 Å². The Morgan fingerprint density at radius 2 is 1.87 bits per heavy atom. The summed E-state index contributed by atoms with van der Waals surface area (Å²) in [5.74, 6) is 0.226. The highest BCUT2D eigenvalue weighted by atomic mass is 35.5. The number of anilines is 1. The van der Waals surface area contributed by atoms with E-state index in [-0.39, 0.29) is 42.1 Å². The fraction of sp³-hybridized carbons (Fsp3) is 0.529. The lowest BCUT2D eigenvalue weighted by Gasteiger charge is -2.17. The molecule has 0 aliphatic heterocycles. The molecule has 1 saturated carbocycles. The van der Waals surface area contributed by atoms with Crippen LogP contribution in [0.15, 0.2) is 24.3 Å². The smallest absolute Gasteiger partial charge is 0.251 e. The van der Waals surface area contributed by atoms with E-state index in [1.165, 1.54) is 0 Å². The number of benzene rings is 1. The number of nitrogens with one attached hydrogen (secondary N) is 2. The molecule has 1 fully saturated rings. The van der Waals surface area contributed by atoms with Crippen molar-refractivity contribution in [2.45, 2.75) is 39.2 Å². The van der Waals surface area contributed by atoms with Gasteiger partial charge in [0.1, 0.15) is 0 Å². The summed E-state index contributed by atoms with van der Waals surface area (Å²) in [6, 6.07) is 7.08. The van der Waals surface area contributed by atoms with Crippen LogP contribution in [0.5, 0.6) is 0 Å². The molecule has 2 atom stereocenters. The van der Waals surface area contributed by atoms with Gasteiger partial charge in [0, 0.05) is 23.2 Å². The predicted octanol–water partition coefficient (Wildman–Crippen LogP) is 2.56. The molecule has 0 saturated heterocycles. The third-order valence-corrected chi connectivity index (χ3v) is 4.13. The zero-order valence-corrected chi connectivity index (χ0v) is 14.5. The molecular weight excluding hydrogens is 314 g/mol. The van der Waals surface area contributed by atoms with Gasteiger partial charge >= 0.3 is 0 Å². The van der Waals surface area contributed by atoms with E-state index in [4.69, 9.17) is 5.73 Å². The van der Waals surface area contributed by atoms with Crippen molar-refractivity contribution in [1.29, 1.82) is 0 Å². The number of hydrogen-bond donors (Lipinski definition) is 3. The van der Waals surface area contributed by atoms with E-state index in [2.05, 4.69) is 10.6 Å². The summed E-state index contributed by atoms with van der Waals surface area (Å²) in [6.07, 6.45) is 3.00. The second-order valence-corrected chi connectivity index (χ2v) is 6.23. The molecule has 5 nitrogen and oxygen atoms in total. The van der Waals surface area contributed by atoms with E-state index in [0.717, 1.165) is 19.3 Å². The molecule has 0 spiro atoms. The molecule has 0 unspecified atom stereocenters. The minimum absolute atomic E-state index is 0. The summed E-state index contributed by atoms with van der Waals surface area (Å²) >= 11 is 0. The van der Waals surface area contributed by atoms with Gasteiger partial charge < -0.3 is 16.4 Å². The first kappa shape index (κ1) is 19.5. The third kappa shape index (κ3) is 5.22. The van der Waals surface area contributed by atoms with Gasteiger partial charge in [0.25, 0.3) is 5.91 Å². The quantitative estimate of drug-likeness (QED) is 0.770. The molecule has 0 radical (unpaired) electrons. The Hall–Kier alpha value is -1.59. The maximum absolute atomic E-state index is 12.3. The maximum Gasteiger partial charge on any atom is 0.251 e. The normalized spacial score (nSPS) is 20.0. The van der Waals surface area contributed by atoms with Crippen LogP contribution in [0.25, 0.3) is 0 Å². The number of rotatable bonds is 5. The number of carbonyl (C=O) groups is 2. The van der Waals surface area contributed by atoms with E-state index < -0.39 is 0 Å². The summed E-state index contributed by atoms with van der Waals surface area (Å²) in [5.41, 5.74) is 7.03. The first-order chi connectivity index (χ1) is 10.5. The topological polar surface area (TPSA) is 84.2 Å². The zero-order valence-electron chi connectivity index (χ0n) is 13.7. The van der Waals surface area contributed by atoms with Gasteiger partial charge in [-0.1, -0.05) is 6.42 Å². The number of nitrogens with two attached hydrogens (primary N) is 1. The fourth-order valence-corrected chi connectivity index (χ4v) is 2.95. The van der Waals surface area contributed by atoms with E-state index in [1.807, 2.05) is 13.8 Å². The monoisotopic (exact) mass is 339 g/mol. The average Bonchev–Trinajstić information content (AvgIpc) is 2.95. The lowest BCUT2D eigenvalue weighted by molar-refractivity contribution is -0.120. The summed E-state index contributed by atoms with van der Waals surface area (Å²) in [6.45, 7) is 4.40. The molecule has 6 heteroatoms. The molecular formula is C17H26ClN3O2. The second kappa shape index (κ2) is 8.89. The van der Waals surface area contributed by atoms with Gasteiger partial charge in [-0.3, -0.25) is 9.59 Å². The van der Waals surface area contributed by atoms with Gasteiger partial charge in [0.2, 0.25) is 5.91 Å². The van der Waals surface area contributed by atoms with Crippen LogP contribution in [0.2, 0.25) is 0 Å². The summed E-state index contributed by atoms with van der Waals surface area (Å²) in [7, 11) is 0. The van der Waals surface area contributed by atoms with Crippen LogP contribution in [0.4, 0.5) is 5.69 Å². The lowest BCUT2D eigenvalue weighted by Crippen LogP contribution is -2.30. The Morgan fingerprint density at radius 3 is 2.43 bits per heavy atom. The van der Waals surface area contributed by atoms with E-state index in [9.17, 15) is 9.59 Å². The Bertz CT molecular complexity index is 531. The van der Waals surface area contributed by atoms with Crippen LogP contribution >= 0.6 is 12.4 Å². The molecule has 23 heavy (non-hydrogen) atoms. The van der Waals surface area contributed by atoms with Crippen molar-refractivity contribution in [3.05, 3.63) is 29.8 Å². The van der Waals surface area contributed by atoms with Crippen molar-refractivity contribution in [3.8, 4) is 0 Å². The van der Waals surface area contributed by atoms with Crippen molar-refractivity contribution in [3.63, 3.8) is 0 Å². The van der Waals surface area contributed by atoms with Gasteiger partial charge in [0.05, 0.1) is 0 Å². The number of carbonyl (C=O) groups excluding carboxylic acids is 2. The summed E-state index contributed by atoms with van der Waals surface area (Å²) < 4.78 is 0. The molecule has 2 amide bonds. The van der Waals surface area contributed by atoms with Gasteiger partial charge in [0.15, 0.2) is 0 Å². The van der Waals surface area contributed by atoms with Crippen molar-refractivity contribution < 1.29 is 9.59 Å². The highest BCUT2D eigenvalue weighted by Crippen LogP contribution is 2.31. The maximum atomic E-state index is 12.3. The van der Waals surface area contributed by atoms with Gasteiger partial charge in [-0.05, 0) is 63.4 Å². The van der Waals surface area contributed by atoms with E-state index >= 15 is 0 Å². The standard InChI is InChI=1S/C17H25N3O2.ClH/c1-11(2)19-16(21)12-6-8-14(9-7-12)20-17(22)15-5-3-4-13(15)10-18;/h6-9,11,13,15H,3-5,10,18H2,1-2H3,(H,19,21)(H,20,22);1H/t13-,15-;/m1./s1. The molecule has 2 rings (SSSR count). The highest BCUT2D eigenvalue weighted by Gasteiger charge is 2.31. The van der Waals surface area contributed by atoms with Crippen LogP contribution in [-0.4, -0.2) is 24.4 Å². The van der Waals surface area contributed by atoms with Crippen LogP contribution in [-0.2, 0) is 4.79 Å². The number of halogens is 1. The molecule has 1 aromatic rings. The van der Waals surface area contributed by atoms with Gasteiger partial charge in [-0.2, -0.15) is 0 Å². The minimum Gasteiger partial charge on any atom is -0.350 e. The molecule has 4 N–H and O–H groups in total. The van der Waals surface area contributed by atoms with Crippen LogP contribution in [0.3, 0.4) is 0 Å². The van der Waals surface area contributed by atoms with Gasteiger partial charge in [-0.15, -0.1) is 12.4 Å². The largest absolute Gasteiger partial charge is 0.350 e. The van der Waals surface area contributed by atoms with Crippen molar-refractivity contribution >= 4 is 29.9 Å². The molecule has 0 bridgehead atoms. The Morgan fingerprint density at radius 1 is 1.22 bits per heavy atom. The van der Waals surface area contributed by atoms with E-state index in [0.29, 0.717) is 17.8 Å². The van der Waals surface area contributed by atoms with Crippen molar-refractivity contribution in [1.82, 2.24) is 5.32 Å². The van der Waals surface area contributed by atoms with Gasteiger partial charge in [-0.25, -0.2) is 0 Å². The first-order valence-corrected chi connectivity index (χ1v) is 7.93. The fourth-order valence-electron chi connectivity index (χ4n) is 2.95. The number of hydrogen-bond acceptors (Lipinski definition) is 3. The minimum atomic E-state index is -0.105. The summed E-state index contributed by atoms with van der Waals surface area (Å²) in [4.78, 5) is 24.2. The van der Waals surface area contributed by atoms with Crippen LogP contribution < -0.4 is 16.4 Å². The highest BCUT2D eigenvalue weighted by molar-refractivity contribution is 5.96.